The maximum absolute atomic E-state index is 6.07. The molecule has 110 valence electrons. The minimum Gasteiger partial charge on any atom is -0.339 e. The normalized spacial score (nSPS) is 27.8. The van der Waals surface area contributed by atoms with E-state index in [-0.39, 0.29) is 6.35 Å². The van der Waals surface area contributed by atoms with Crippen LogP contribution in [0.3, 0.4) is 0 Å². The summed E-state index contributed by atoms with van der Waals surface area (Å²) in [7, 11) is 0. The van der Waals surface area contributed by atoms with Crippen molar-refractivity contribution in [2.24, 2.45) is 16.8 Å². The molecule has 0 aromatic carbocycles. The zero-order valence-corrected chi connectivity index (χ0v) is 14.4. The number of hydrogen-bond acceptors (Lipinski definition) is 4. The van der Waals surface area contributed by atoms with Gasteiger partial charge in [0.05, 0.1) is 10.4 Å². The fourth-order valence-electron chi connectivity index (χ4n) is 2.46. The van der Waals surface area contributed by atoms with E-state index in [4.69, 9.17) is 9.73 Å². The van der Waals surface area contributed by atoms with E-state index in [2.05, 4.69) is 46.9 Å². The van der Waals surface area contributed by atoms with Crippen LogP contribution in [0, 0.1) is 11.8 Å². The predicted molar refractivity (Wildman–Crippen MR) is 85.9 cm³/mol. The minimum atomic E-state index is -0.132. The average Bonchev–Trinajstić information content (AvgIpc) is 3.00. The molecule has 20 heavy (non-hydrogen) atoms. The zero-order valence-electron chi connectivity index (χ0n) is 12.0. The van der Waals surface area contributed by atoms with Gasteiger partial charge in [-0.25, -0.2) is 4.99 Å². The van der Waals surface area contributed by atoms with E-state index in [0.717, 1.165) is 33.4 Å². The molecule has 3 unspecified atom stereocenters. The average molecular weight is 357 g/mol. The monoisotopic (exact) mass is 356 g/mol. The van der Waals surface area contributed by atoms with Crippen LogP contribution in [0.5, 0.6) is 0 Å². The van der Waals surface area contributed by atoms with Crippen LogP contribution < -0.4 is 9.89 Å². The number of rotatable bonds is 6. The van der Waals surface area contributed by atoms with Crippen molar-refractivity contribution in [3.63, 3.8) is 0 Å². The summed E-state index contributed by atoms with van der Waals surface area (Å²) in [5.41, 5.74) is 0. The summed E-state index contributed by atoms with van der Waals surface area (Å²) in [5.74, 6) is 1.58. The summed E-state index contributed by atoms with van der Waals surface area (Å²) in [6.45, 7) is 6.36. The number of fused-ring (bicyclic) bond motifs is 1. The maximum atomic E-state index is 6.07. The molecule has 5 heteroatoms. The van der Waals surface area contributed by atoms with Gasteiger partial charge in [-0.1, -0.05) is 20.3 Å². The molecule has 1 saturated carbocycles. The third kappa shape index (κ3) is 3.26. The summed E-state index contributed by atoms with van der Waals surface area (Å²) in [6, 6.07) is 2.14. The minimum absolute atomic E-state index is 0.132. The molecule has 0 bridgehead atoms. The van der Waals surface area contributed by atoms with Gasteiger partial charge in [-0.05, 0) is 46.7 Å². The predicted octanol–water partition coefficient (Wildman–Crippen LogP) is 2.94. The van der Waals surface area contributed by atoms with Crippen molar-refractivity contribution in [3.05, 3.63) is 19.7 Å². The number of nitrogens with zero attached hydrogens (tertiary/aromatic N) is 2. The summed E-state index contributed by atoms with van der Waals surface area (Å²) in [4.78, 5) is 7.03. The van der Waals surface area contributed by atoms with Gasteiger partial charge in [0.1, 0.15) is 4.67 Å². The van der Waals surface area contributed by atoms with Crippen molar-refractivity contribution in [1.82, 2.24) is 4.90 Å². The third-order valence-electron chi connectivity index (χ3n) is 4.03. The Morgan fingerprint density at radius 3 is 3.05 bits per heavy atom. The van der Waals surface area contributed by atoms with Gasteiger partial charge in [0, 0.05) is 18.0 Å². The Kier molecular flexibility index (Phi) is 4.48. The number of ether oxygens (including phenoxy) is 1. The molecule has 1 aromatic rings. The molecule has 3 atom stereocenters. The van der Waals surface area contributed by atoms with Crippen LogP contribution >= 0.6 is 27.3 Å². The quantitative estimate of drug-likeness (QED) is 0.782. The molecule has 1 aromatic heterocycles. The van der Waals surface area contributed by atoms with Crippen LogP contribution in [0.4, 0.5) is 0 Å². The lowest BCUT2D eigenvalue weighted by atomic mass is 10.3. The summed E-state index contributed by atoms with van der Waals surface area (Å²) < 4.78 is 8.29. The van der Waals surface area contributed by atoms with Gasteiger partial charge >= 0.3 is 0 Å². The van der Waals surface area contributed by atoms with Crippen LogP contribution in [0.1, 0.15) is 33.1 Å². The first-order chi connectivity index (χ1) is 9.67. The lowest BCUT2D eigenvalue weighted by Gasteiger charge is -2.29. The summed E-state index contributed by atoms with van der Waals surface area (Å²) in [5, 5.41) is 1.21. The summed E-state index contributed by atoms with van der Waals surface area (Å²) >= 11 is 5.23. The molecule has 0 N–H and O–H groups in total. The first kappa shape index (κ1) is 14.5. The molecular formula is C15H21BrN2OS. The molecule has 3 rings (SSSR count). The summed E-state index contributed by atoms with van der Waals surface area (Å²) in [6.07, 6.45) is 5.75. The van der Waals surface area contributed by atoms with Crippen molar-refractivity contribution in [1.29, 1.82) is 0 Å². The Morgan fingerprint density at radius 2 is 2.35 bits per heavy atom. The lowest BCUT2D eigenvalue weighted by Crippen LogP contribution is -2.42. The highest BCUT2D eigenvalue weighted by atomic mass is 79.9. The van der Waals surface area contributed by atoms with Crippen molar-refractivity contribution in [2.75, 3.05) is 13.2 Å². The Labute approximate surface area is 132 Å². The van der Waals surface area contributed by atoms with Crippen LogP contribution in [0.25, 0.3) is 6.20 Å². The molecule has 2 heterocycles. The topological polar surface area (TPSA) is 24.8 Å². The third-order valence-corrected chi connectivity index (χ3v) is 5.59. The van der Waals surface area contributed by atoms with E-state index in [1.54, 1.807) is 11.3 Å². The molecule has 0 spiro atoms. The van der Waals surface area contributed by atoms with Gasteiger partial charge in [-0.2, -0.15) is 0 Å². The lowest BCUT2D eigenvalue weighted by molar-refractivity contribution is -0.0327. The molecule has 1 aliphatic heterocycles. The van der Waals surface area contributed by atoms with Gasteiger partial charge < -0.3 is 9.64 Å². The van der Waals surface area contributed by atoms with Crippen LogP contribution in [0.2, 0.25) is 0 Å². The fourth-order valence-corrected chi connectivity index (χ4v) is 3.91. The standard InChI is InChI=1S/C15H21BrN2OS/c1-3-4-5-18-8-11-7-13(16)20-14(11)17-15(18)19-9-12-6-10(12)2/h7-8,10,12,15H,3-6,9H2,1-2H3. The Morgan fingerprint density at radius 1 is 1.55 bits per heavy atom. The second kappa shape index (κ2) is 6.16. The van der Waals surface area contributed by atoms with E-state index in [9.17, 15) is 0 Å². The Balaban J connectivity index is 1.75. The number of halogens is 1. The number of hydrogen-bond donors (Lipinski definition) is 0. The first-order valence-corrected chi connectivity index (χ1v) is 9.00. The van der Waals surface area contributed by atoms with Crippen molar-refractivity contribution in [2.45, 2.75) is 39.5 Å². The van der Waals surface area contributed by atoms with Gasteiger partial charge in [-0.15, -0.1) is 11.3 Å². The molecule has 1 fully saturated rings. The van der Waals surface area contributed by atoms with Gasteiger partial charge in [0.25, 0.3) is 0 Å². The van der Waals surface area contributed by atoms with Crippen LogP contribution in [0.15, 0.2) is 14.8 Å². The smallest absolute Gasteiger partial charge is 0.229 e. The van der Waals surface area contributed by atoms with Gasteiger partial charge in [0.15, 0.2) is 0 Å². The van der Waals surface area contributed by atoms with Crippen molar-refractivity contribution in [3.8, 4) is 0 Å². The largest absolute Gasteiger partial charge is 0.339 e. The van der Waals surface area contributed by atoms with Crippen molar-refractivity contribution < 1.29 is 4.74 Å². The van der Waals surface area contributed by atoms with E-state index in [1.165, 1.54) is 24.5 Å². The van der Waals surface area contributed by atoms with Crippen LogP contribution in [-0.4, -0.2) is 24.4 Å². The Bertz CT molecular complexity index is 585. The fraction of sp³-hybridized carbons (Fsp3) is 0.667. The van der Waals surface area contributed by atoms with Crippen LogP contribution in [-0.2, 0) is 4.74 Å². The molecule has 0 amide bonds. The second-order valence-electron chi connectivity index (χ2n) is 5.79. The number of thiophene rings is 1. The van der Waals surface area contributed by atoms with E-state index >= 15 is 0 Å². The molecular weight excluding hydrogens is 336 g/mol. The van der Waals surface area contributed by atoms with Gasteiger partial charge in [-0.3, -0.25) is 0 Å². The highest BCUT2D eigenvalue weighted by Gasteiger charge is 2.34. The molecule has 1 aliphatic carbocycles. The van der Waals surface area contributed by atoms with E-state index in [0.29, 0.717) is 0 Å². The molecule has 0 radical (unpaired) electrons. The SMILES string of the molecule is CCCCN1C=c2cc(Br)sc2=NC1OCC1CC1C. The first-order valence-electron chi connectivity index (χ1n) is 7.39. The molecule has 0 saturated heterocycles. The maximum Gasteiger partial charge on any atom is 0.229 e. The highest BCUT2D eigenvalue weighted by molar-refractivity contribution is 9.11. The van der Waals surface area contributed by atoms with Crippen molar-refractivity contribution >= 4 is 33.5 Å². The molecule has 2 aliphatic rings. The van der Waals surface area contributed by atoms with E-state index in [1.807, 2.05) is 0 Å². The highest BCUT2D eigenvalue weighted by Crippen LogP contribution is 2.38. The number of unbranched alkanes of at least 4 members (excludes halogenated alkanes) is 1. The zero-order chi connectivity index (χ0) is 14.1. The second-order valence-corrected chi connectivity index (χ2v) is 8.20. The van der Waals surface area contributed by atoms with E-state index < -0.39 is 0 Å². The Hall–Kier alpha value is -0.390. The molecule has 3 nitrogen and oxygen atoms in total. The van der Waals surface area contributed by atoms with Gasteiger partial charge in [0.2, 0.25) is 6.35 Å².